The van der Waals surface area contributed by atoms with Crippen molar-refractivity contribution in [3.05, 3.63) is 18.1 Å². The Labute approximate surface area is 55.6 Å². The van der Waals surface area contributed by atoms with Gasteiger partial charge in [0.2, 0.25) is 0 Å². The van der Waals surface area contributed by atoms with Crippen LogP contribution >= 0.6 is 0 Å². The standard InChI is InChI=1S/C5H5F3N2/c6-5(7,8)4-10-3-1-2-9-10/h2-3,9H,4H2. The van der Waals surface area contributed by atoms with E-state index in [0.717, 1.165) is 5.01 Å². The molecule has 0 aliphatic carbocycles. The molecule has 10 heavy (non-hydrogen) atoms. The number of alkyl halides is 3. The number of nitrogens with zero attached hydrogens (tertiary/aromatic N) is 1. The predicted octanol–water partition coefficient (Wildman–Crippen LogP) is 0.995. The highest BCUT2D eigenvalue weighted by molar-refractivity contribution is 4.90. The van der Waals surface area contributed by atoms with Gasteiger partial charge in [0, 0.05) is 0 Å². The third-order valence-corrected chi connectivity index (χ3v) is 0.894. The normalized spacial score (nSPS) is 16.1. The van der Waals surface area contributed by atoms with Crippen LogP contribution in [0.15, 0.2) is 18.1 Å². The molecule has 1 aliphatic heterocycles. The number of hydrogen-bond donors (Lipinski definition) is 1. The van der Waals surface area contributed by atoms with E-state index in [1.807, 2.05) is 0 Å². The Kier molecular flexibility index (Phi) is 1.59. The molecule has 2 nitrogen and oxygen atoms in total. The maximum absolute atomic E-state index is 11.6. The Morgan fingerprint density at radius 2 is 2.20 bits per heavy atom. The van der Waals surface area contributed by atoms with Crippen LogP contribution in [0.1, 0.15) is 0 Å². The zero-order valence-corrected chi connectivity index (χ0v) is 4.94. The molecular formula is C5H5F3N2. The lowest BCUT2D eigenvalue weighted by Crippen LogP contribution is -2.35. The molecule has 0 aromatic rings. The maximum Gasteiger partial charge on any atom is 0.407 e. The van der Waals surface area contributed by atoms with Crippen molar-refractivity contribution >= 4 is 0 Å². The van der Waals surface area contributed by atoms with Gasteiger partial charge in [-0.05, 0) is 0 Å². The van der Waals surface area contributed by atoms with E-state index in [2.05, 4.69) is 11.2 Å². The van der Waals surface area contributed by atoms with Gasteiger partial charge in [0.25, 0.3) is 0 Å². The average Bonchev–Trinajstić information content (AvgIpc) is 2.12. The Hall–Kier alpha value is -1.09. The van der Waals surface area contributed by atoms with E-state index in [1.165, 1.54) is 12.4 Å². The van der Waals surface area contributed by atoms with E-state index in [0.29, 0.717) is 0 Å². The zero-order chi connectivity index (χ0) is 7.61. The molecule has 0 bridgehead atoms. The van der Waals surface area contributed by atoms with Gasteiger partial charge in [0.05, 0.1) is 12.4 Å². The van der Waals surface area contributed by atoms with E-state index in [-0.39, 0.29) is 0 Å². The van der Waals surface area contributed by atoms with Gasteiger partial charge in [-0.25, -0.2) is 0 Å². The summed E-state index contributed by atoms with van der Waals surface area (Å²) < 4.78 is 34.7. The van der Waals surface area contributed by atoms with Crippen LogP contribution in [0.3, 0.4) is 0 Å². The Balaban J connectivity index is 2.34. The Morgan fingerprint density at radius 1 is 1.50 bits per heavy atom. The van der Waals surface area contributed by atoms with E-state index in [4.69, 9.17) is 0 Å². The molecule has 0 saturated heterocycles. The summed E-state index contributed by atoms with van der Waals surface area (Å²) in [4.78, 5) is 0. The molecule has 5 heteroatoms. The Bertz CT molecular complexity index is 178. The first-order valence-electron chi connectivity index (χ1n) is 2.58. The molecule has 1 N–H and O–H groups in total. The third kappa shape index (κ3) is 2.03. The molecule has 1 rings (SSSR count). The Morgan fingerprint density at radius 3 is 2.60 bits per heavy atom. The summed E-state index contributed by atoms with van der Waals surface area (Å²) in [7, 11) is 0. The van der Waals surface area contributed by atoms with Crippen molar-refractivity contribution in [1.82, 2.24) is 10.4 Å². The first-order chi connectivity index (χ1) is 4.58. The molecule has 0 amide bonds. The van der Waals surface area contributed by atoms with Gasteiger partial charge in [0.15, 0.2) is 0 Å². The molecule has 0 atom stereocenters. The summed E-state index contributed by atoms with van der Waals surface area (Å²) in [5.74, 6) is 0. The highest BCUT2D eigenvalue weighted by Gasteiger charge is 2.30. The molecule has 0 unspecified atom stereocenters. The molecule has 56 valence electrons. The first-order valence-corrected chi connectivity index (χ1v) is 2.58. The quantitative estimate of drug-likeness (QED) is 0.561. The smallest absolute Gasteiger partial charge is 0.298 e. The zero-order valence-electron chi connectivity index (χ0n) is 4.94. The van der Waals surface area contributed by atoms with Crippen LogP contribution in [-0.2, 0) is 0 Å². The number of hydrazine groups is 1. The molecule has 1 aliphatic rings. The molecule has 0 spiro atoms. The van der Waals surface area contributed by atoms with Crippen molar-refractivity contribution < 1.29 is 13.2 Å². The van der Waals surface area contributed by atoms with Crippen LogP contribution < -0.4 is 5.43 Å². The maximum atomic E-state index is 11.6. The van der Waals surface area contributed by atoms with Gasteiger partial charge in [-0.15, -0.1) is 0 Å². The fourth-order valence-corrected chi connectivity index (χ4v) is 0.569. The van der Waals surface area contributed by atoms with Crippen LogP contribution in [0, 0.1) is 0 Å². The molecule has 1 heterocycles. The van der Waals surface area contributed by atoms with Crippen molar-refractivity contribution in [2.45, 2.75) is 6.18 Å². The van der Waals surface area contributed by atoms with Crippen molar-refractivity contribution in [2.75, 3.05) is 6.54 Å². The van der Waals surface area contributed by atoms with E-state index in [9.17, 15) is 13.2 Å². The lowest BCUT2D eigenvalue weighted by atomic mass is 10.6. The van der Waals surface area contributed by atoms with Gasteiger partial charge in [-0.3, -0.25) is 10.4 Å². The van der Waals surface area contributed by atoms with Crippen LogP contribution in [0.2, 0.25) is 0 Å². The lowest BCUT2D eigenvalue weighted by Gasteiger charge is -2.17. The summed E-state index contributed by atoms with van der Waals surface area (Å²) in [6.07, 6.45) is -1.65. The molecule has 0 aromatic carbocycles. The van der Waals surface area contributed by atoms with Gasteiger partial charge < -0.3 is 0 Å². The minimum Gasteiger partial charge on any atom is -0.298 e. The third-order valence-electron chi connectivity index (χ3n) is 0.894. The minimum absolute atomic E-state index is 0.903. The summed E-state index contributed by atoms with van der Waals surface area (Å²) in [6.45, 7) is -0.990. The number of halogens is 3. The van der Waals surface area contributed by atoms with E-state index in [1.54, 1.807) is 0 Å². The fourth-order valence-electron chi connectivity index (χ4n) is 0.569. The highest BCUT2D eigenvalue weighted by atomic mass is 19.4. The second-order valence-corrected chi connectivity index (χ2v) is 1.81. The molecular weight excluding hydrogens is 145 g/mol. The van der Waals surface area contributed by atoms with Crippen molar-refractivity contribution in [3.63, 3.8) is 0 Å². The van der Waals surface area contributed by atoms with E-state index >= 15 is 0 Å². The minimum atomic E-state index is -4.16. The SMILES string of the molecule is FC(F)(F)CN1C=C=CN1. The molecule has 0 radical (unpaired) electrons. The monoisotopic (exact) mass is 150 g/mol. The predicted molar refractivity (Wildman–Crippen MR) is 28.5 cm³/mol. The fraction of sp³-hybridized carbons (Fsp3) is 0.400. The average molecular weight is 150 g/mol. The largest absolute Gasteiger partial charge is 0.407 e. The number of rotatable bonds is 1. The molecule has 0 fully saturated rings. The highest BCUT2D eigenvalue weighted by Crippen LogP contribution is 2.15. The molecule has 0 aromatic heterocycles. The number of nitrogens with one attached hydrogen (secondary N) is 1. The van der Waals surface area contributed by atoms with Crippen LogP contribution in [-0.4, -0.2) is 17.7 Å². The lowest BCUT2D eigenvalue weighted by molar-refractivity contribution is -0.143. The van der Waals surface area contributed by atoms with Crippen LogP contribution in [0.4, 0.5) is 13.2 Å². The van der Waals surface area contributed by atoms with E-state index < -0.39 is 12.7 Å². The van der Waals surface area contributed by atoms with Crippen LogP contribution in [0.5, 0.6) is 0 Å². The molecule has 0 saturated carbocycles. The second-order valence-electron chi connectivity index (χ2n) is 1.81. The van der Waals surface area contributed by atoms with Gasteiger partial charge in [0.1, 0.15) is 6.54 Å². The summed E-state index contributed by atoms with van der Waals surface area (Å²) in [6, 6.07) is 0. The topological polar surface area (TPSA) is 15.3 Å². The summed E-state index contributed by atoms with van der Waals surface area (Å²) >= 11 is 0. The number of hydrogen-bond acceptors (Lipinski definition) is 2. The van der Waals surface area contributed by atoms with Gasteiger partial charge in [-0.1, -0.05) is 5.73 Å². The second kappa shape index (κ2) is 2.27. The van der Waals surface area contributed by atoms with Crippen molar-refractivity contribution in [2.24, 2.45) is 0 Å². The van der Waals surface area contributed by atoms with Gasteiger partial charge >= 0.3 is 6.18 Å². The van der Waals surface area contributed by atoms with Crippen molar-refractivity contribution in [3.8, 4) is 0 Å². The van der Waals surface area contributed by atoms with Gasteiger partial charge in [-0.2, -0.15) is 13.2 Å². The van der Waals surface area contributed by atoms with Crippen LogP contribution in [0.25, 0.3) is 0 Å². The first kappa shape index (κ1) is 7.02. The summed E-state index contributed by atoms with van der Waals surface area (Å²) in [5, 5.41) is 0.903. The van der Waals surface area contributed by atoms with Crippen molar-refractivity contribution in [1.29, 1.82) is 0 Å². The summed E-state index contributed by atoms with van der Waals surface area (Å²) in [5.41, 5.74) is 4.79.